The van der Waals surface area contributed by atoms with Gasteiger partial charge in [0.05, 0.1) is 10.3 Å². The molecule has 160 valence electrons. The van der Waals surface area contributed by atoms with Gasteiger partial charge in [-0.05, 0) is 56.9 Å². The van der Waals surface area contributed by atoms with E-state index >= 15 is 0 Å². The highest BCUT2D eigenvalue weighted by atomic mass is 32.2. The summed E-state index contributed by atoms with van der Waals surface area (Å²) in [7, 11) is -3.49. The van der Waals surface area contributed by atoms with E-state index in [1.807, 2.05) is 30.0 Å². The van der Waals surface area contributed by atoms with Crippen LogP contribution >= 0.6 is 11.8 Å². The minimum atomic E-state index is -3.49. The number of hydrogen-bond acceptors (Lipinski definition) is 5. The van der Waals surface area contributed by atoms with Crippen LogP contribution in [0.15, 0.2) is 52.5 Å². The van der Waals surface area contributed by atoms with E-state index < -0.39 is 10.0 Å². The standard InChI is InChI=1S/C22H27N3O3S2/c1-16-14-18-8-4-5-9-20(18)25(16)22(26)17(2)29-21-11-10-19(15-23-21)30(27,28)24-12-6-3-7-13-24/h4-5,8-11,15-17H,3,6-7,12-14H2,1-2H3. The number of carbonyl (C=O) groups is 1. The number of amides is 1. The molecule has 1 aromatic heterocycles. The summed E-state index contributed by atoms with van der Waals surface area (Å²) >= 11 is 1.36. The average Bonchev–Trinajstić information content (AvgIpc) is 3.09. The number of thioether (sulfide) groups is 1. The molecule has 0 N–H and O–H groups in total. The number of rotatable bonds is 5. The van der Waals surface area contributed by atoms with E-state index in [2.05, 4.69) is 18.0 Å². The Morgan fingerprint density at radius 2 is 1.87 bits per heavy atom. The lowest BCUT2D eigenvalue weighted by molar-refractivity contribution is -0.118. The van der Waals surface area contributed by atoms with E-state index in [0.717, 1.165) is 31.4 Å². The van der Waals surface area contributed by atoms with Crippen LogP contribution in [-0.4, -0.2) is 48.0 Å². The lowest BCUT2D eigenvalue weighted by Crippen LogP contribution is -2.40. The zero-order chi connectivity index (χ0) is 21.3. The van der Waals surface area contributed by atoms with Gasteiger partial charge < -0.3 is 4.90 Å². The topological polar surface area (TPSA) is 70.6 Å². The Balaban J connectivity index is 1.45. The molecule has 0 bridgehead atoms. The van der Waals surface area contributed by atoms with Crippen LogP contribution < -0.4 is 4.90 Å². The normalized spacial score (nSPS) is 20.7. The van der Waals surface area contributed by atoms with Crippen molar-refractivity contribution in [2.75, 3.05) is 18.0 Å². The molecule has 0 saturated carbocycles. The number of benzene rings is 1. The first-order chi connectivity index (χ1) is 14.4. The first-order valence-corrected chi connectivity index (χ1v) is 12.7. The van der Waals surface area contributed by atoms with Gasteiger partial charge >= 0.3 is 0 Å². The highest BCUT2D eigenvalue weighted by Gasteiger charge is 2.33. The van der Waals surface area contributed by atoms with Gasteiger partial charge in [-0.1, -0.05) is 36.4 Å². The van der Waals surface area contributed by atoms with Crippen molar-refractivity contribution < 1.29 is 13.2 Å². The van der Waals surface area contributed by atoms with Crippen molar-refractivity contribution in [3.8, 4) is 0 Å². The van der Waals surface area contributed by atoms with Crippen LogP contribution in [0.4, 0.5) is 5.69 Å². The van der Waals surface area contributed by atoms with Crippen molar-refractivity contribution in [2.24, 2.45) is 0 Å². The van der Waals surface area contributed by atoms with Gasteiger partial charge in [0.2, 0.25) is 15.9 Å². The lowest BCUT2D eigenvalue weighted by Gasteiger charge is -2.26. The number of nitrogens with zero attached hydrogens (tertiary/aromatic N) is 3. The quantitative estimate of drug-likeness (QED) is 0.656. The molecule has 1 saturated heterocycles. The second kappa shape index (κ2) is 8.69. The number of para-hydroxylation sites is 1. The first kappa shape index (κ1) is 21.3. The molecule has 2 atom stereocenters. The number of fused-ring (bicyclic) bond motifs is 1. The number of anilines is 1. The molecule has 2 aliphatic heterocycles. The summed E-state index contributed by atoms with van der Waals surface area (Å²) in [5, 5.41) is 0.323. The first-order valence-electron chi connectivity index (χ1n) is 10.4. The largest absolute Gasteiger partial charge is 0.308 e. The Morgan fingerprint density at radius 3 is 2.57 bits per heavy atom. The number of carbonyl (C=O) groups excluding carboxylic acids is 1. The molecule has 6 nitrogen and oxygen atoms in total. The molecule has 1 fully saturated rings. The second-order valence-corrected chi connectivity index (χ2v) is 11.2. The molecule has 30 heavy (non-hydrogen) atoms. The Bertz CT molecular complexity index is 1020. The van der Waals surface area contributed by atoms with E-state index in [0.29, 0.717) is 18.1 Å². The fourth-order valence-corrected chi connectivity index (χ4v) is 6.47. The molecule has 0 radical (unpaired) electrons. The second-order valence-electron chi connectivity index (χ2n) is 7.95. The van der Waals surface area contributed by atoms with Crippen LogP contribution in [0.2, 0.25) is 0 Å². The highest BCUT2D eigenvalue weighted by molar-refractivity contribution is 8.00. The van der Waals surface area contributed by atoms with Crippen LogP contribution in [-0.2, 0) is 21.2 Å². The molecule has 4 rings (SSSR count). The summed E-state index contributed by atoms with van der Waals surface area (Å²) in [6, 6.07) is 11.4. The maximum Gasteiger partial charge on any atom is 0.244 e. The van der Waals surface area contributed by atoms with E-state index in [-0.39, 0.29) is 22.1 Å². The van der Waals surface area contributed by atoms with Gasteiger partial charge in [0, 0.05) is 31.0 Å². The zero-order valence-corrected chi connectivity index (χ0v) is 19.0. The van der Waals surface area contributed by atoms with Crippen molar-refractivity contribution in [1.82, 2.24) is 9.29 Å². The van der Waals surface area contributed by atoms with Gasteiger partial charge in [-0.2, -0.15) is 4.31 Å². The number of sulfonamides is 1. The Hall–Kier alpha value is -1.90. The van der Waals surface area contributed by atoms with Gasteiger partial charge in [0.25, 0.3) is 0 Å². The summed E-state index contributed by atoms with van der Waals surface area (Å²) in [4.78, 5) is 19.6. The molecule has 2 aliphatic rings. The van der Waals surface area contributed by atoms with Crippen LogP contribution in [0.25, 0.3) is 0 Å². The monoisotopic (exact) mass is 445 g/mol. The van der Waals surface area contributed by atoms with E-state index in [1.54, 1.807) is 16.4 Å². The van der Waals surface area contributed by atoms with Crippen LogP contribution in [0, 0.1) is 0 Å². The van der Waals surface area contributed by atoms with Crippen molar-refractivity contribution in [1.29, 1.82) is 0 Å². The minimum Gasteiger partial charge on any atom is -0.308 e. The van der Waals surface area contributed by atoms with E-state index in [1.165, 1.54) is 23.5 Å². The van der Waals surface area contributed by atoms with Gasteiger partial charge in [-0.15, -0.1) is 0 Å². The van der Waals surface area contributed by atoms with E-state index in [9.17, 15) is 13.2 Å². The Labute approximate surface area is 182 Å². The molecule has 1 amide bonds. The van der Waals surface area contributed by atoms with Gasteiger partial charge in [-0.25, -0.2) is 13.4 Å². The Morgan fingerprint density at radius 1 is 1.13 bits per heavy atom. The molecule has 2 aromatic rings. The third kappa shape index (κ3) is 4.13. The average molecular weight is 446 g/mol. The Kier molecular flexibility index (Phi) is 6.18. The predicted octanol–water partition coefficient (Wildman–Crippen LogP) is 3.71. The van der Waals surface area contributed by atoms with Crippen LogP contribution in [0.3, 0.4) is 0 Å². The van der Waals surface area contributed by atoms with Crippen molar-refractivity contribution in [3.63, 3.8) is 0 Å². The summed E-state index contributed by atoms with van der Waals surface area (Å²) < 4.78 is 27.1. The number of hydrogen-bond donors (Lipinski definition) is 0. The predicted molar refractivity (Wildman–Crippen MR) is 119 cm³/mol. The SMILES string of the molecule is CC(Sc1ccc(S(=O)(=O)N2CCCCC2)cn1)C(=O)N1c2ccccc2CC1C. The van der Waals surface area contributed by atoms with Crippen molar-refractivity contribution in [2.45, 2.75) is 60.7 Å². The van der Waals surface area contributed by atoms with Gasteiger partial charge in [0.15, 0.2) is 0 Å². The fraction of sp³-hybridized carbons (Fsp3) is 0.455. The van der Waals surface area contributed by atoms with Crippen molar-refractivity contribution >= 4 is 33.4 Å². The molecule has 0 aliphatic carbocycles. The molecule has 0 spiro atoms. The van der Waals surface area contributed by atoms with E-state index in [4.69, 9.17) is 0 Å². The third-order valence-electron chi connectivity index (χ3n) is 5.75. The summed E-state index contributed by atoms with van der Waals surface area (Å²) in [6.07, 6.45) is 5.15. The van der Waals surface area contributed by atoms with Crippen molar-refractivity contribution in [3.05, 3.63) is 48.2 Å². The van der Waals surface area contributed by atoms with Crippen LogP contribution in [0.1, 0.15) is 38.7 Å². The maximum atomic E-state index is 13.1. The fourth-order valence-electron chi connectivity index (χ4n) is 4.17. The number of aromatic nitrogens is 1. The smallest absolute Gasteiger partial charge is 0.244 e. The molecular weight excluding hydrogens is 418 g/mol. The highest BCUT2D eigenvalue weighted by Crippen LogP contribution is 2.34. The molecule has 2 unspecified atom stereocenters. The minimum absolute atomic E-state index is 0.0456. The van der Waals surface area contributed by atoms with Crippen LogP contribution in [0.5, 0.6) is 0 Å². The summed E-state index contributed by atoms with van der Waals surface area (Å²) in [5.41, 5.74) is 2.18. The molecular formula is C22H27N3O3S2. The summed E-state index contributed by atoms with van der Waals surface area (Å²) in [5.74, 6) is 0.0456. The molecule has 3 heterocycles. The number of pyridine rings is 1. The summed E-state index contributed by atoms with van der Waals surface area (Å²) in [6.45, 7) is 5.08. The maximum absolute atomic E-state index is 13.1. The van der Waals surface area contributed by atoms with Gasteiger partial charge in [-0.3, -0.25) is 4.79 Å². The number of piperidine rings is 1. The molecule has 8 heteroatoms. The third-order valence-corrected chi connectivity index (χ3v) is 8.67. The zero-order valence-electron chi connectivity index (χ0n) is 17.3. The van der Waals surface area contributed by atoms with Gasteiger partial charge in [0.1, 0.15) is 4.90 Å². The lowest BCUT2D eigenvalue weighted by atomic mass is 10.1. The molecule has 1 aromatic carbocycles.